The molecule has 210 valence electrons. The molecule has 2 aliphatic carbocycles. The molecular weight excluding hydrogens is 476 g/mol. The van der Waals surface area contributed by atoms with E-state index in [1.807, 2.05) is 0 Å². The van der Waals surface area contributed by atoms with Crippen molar-refractivity contribution in [3.05, 3.63) is 34.9 Å². The molecule has 1 heterocycles. The van der Waals surface area contributed by atoms with E-state index in [0.717, 1.165) is 70.2 Å². The third-order valence-corrected chi connectivity index (χ3v) is 13.3. The molecular formula is C32H54O4Si. The molecule has 2 fully saturated rings. The lowest BCUT2D eigenvalue weighted by Crippen LogP contribution is -2.43. The Labute approximate surface area is 228 Å². The van der Waals surface area contributed by atoms with Crippen molar-refractivity contribution in [3.8, 4) is 0 Å². The molecule has 4 nitrogen and oxygen atoms in total. The smallest absolute Gasteiger partial charge is 0.192 e. The van der Waals surface area contributed by atoms with Crippen LogP contribution in [0.2, 0.25) is 18.1 Å². The first-order valence-corrected chi connectivity index (χ1v) is 18.0. The van der Waals surface area contributed by atoms with Crippen molar-refractivity contribution in [2.75, 3.05) is 13.2 Å². The van der Waals surface area contributed by atoms with Crippen molar-refractivity contribution in [2.24, 2.45) is 5.92 Å². The zero-order chi connectivity index (χ0) is 26.9. The quantitative estimate of drug-likeness (QED) is 0.128. The van der Waals surface area contributed by atoms with E-state index in [0.29, 0.717) is 18.1 Å². The van der Waals surface area contributed by atoms with Crippen molar-refractivity contribution >= 4 is 14.1 Å². The standard InChI is InChI=1S/C32H54O4Si/c1-7-8-10-16-27(36-37(5,6)32(2,3)4)18-19-28-29-23-25(22-26(29)24-30(28)33)15-11-9-13-20-34-31-17-12-14-21-35-31/h15,18-19,26-27,31H,7-14,16-17,20-24H2,1-6H3/b19-18+,25-15+. The number of carbonyl (C=O) groups is 1. The van der Waals surface area contributed by atoms with E-state index in [1.165, 1.54) is 36.8 Å². The monoisotopic (exact) mass is 530 g/mol. The van der Waals surface area contributed by atoms with Crippen LogP contribution in [0.4, 0.5) is 0 Å². The number of carbonyl (C=O) groups excluding carboxylic acids is 1. The van der Waals surface area contributed by atoms with Gasteiger partial charge in [0, 0.05) is 25.2 Å². The Morgan fingerprint density at radius 1 is 1.11 bits per heavy atom. The molecule has 1 saturated carbocycles. The van der Waals surface area contributed by atoms with Crippen LogP contribution in [0.1, 0.15) is 111 Å². The Morgan fingerprint density at radius 2 is 1.92 bits per heavy atom. The summed E-state index contributed by atoms with van der Waals surface area (Å²) in [4.78, 5) is 12.9. The van der Waals surface area contributed by atoms with Gasteiger partial charge in [-0.15, -0.1) is 0 Å². The summed E-state index contributed by atoms with van der Waals surface area (Å²) in [5, 5.41) is 0.181. The number of ketones is 1. The fraction of sp³-hybridized carbons (Fsp3) is 0.781. The molecule has 3 aliphatic rings. The van der Waals surface area contributed by atoms with Crippen molar-refractivity contribution in [3.63, 3.8) is 0 Å². The largest absolute Gasteiger partial charge is 0.411 e. The second-order valence-corrected chi connectivity index (χ2v) is 17.7. The number of fused-ring (bicyclic) bond motifs is 1. The number of unbranched alkanes of at least 4 members (excludes halogenated alkanes) is 4. The highest BCUT2D eigenvalue weighted by Gasteiger charge is 2.39. The van der Waals surface area contributed by atoms with E-state index in [4.69, 9.17) is 13.9 Å². The van der Waals surface area contributed by atoms with Gasteiger partial charge in [0.25, 0.3) is 0 Å². The van der Waals surface area contributed by atoms with Gasteiger partial charge in [0.2, 0.25) is 0 Å². The molecule has 3 rings (SSSR count). The summed E-state index contributed by atoms with van der Waals surface area (Å²) >= 11 is 0. The molecule has 0 bridgehead atoms. The van der Waals surface area contributed by atoms with Gasteiger partial charge in [-0.25, -0.2) is 0 Å². The van der Waals surface area contributed by atoms with Crippen LogP contribution in [0.25, 0.3) is 0 Å². The van der Waals surface area contributed by atoms with Crippen molar-refractivity contribution in [1.29, 1.82) is 0 Å². The van der Waals surface area contributed by atoms with Crippen LogP contribution in [-0.2, 0) is 18.7 Å². The second-order valence-electron chi connectivity index (χ2n) is 12.9. The molecule has 0 N–H and O–H groups in total. The maximum absolute atomic E-state index is 12.9. The molecule has 37 heavy (non-hydrogen) atoms. The number of hydrogen-bond donors (Lipinski definition) is 0. The van der Waals surface area contributed by atoms with E-state index in [-0.39, 0.29) is 17.4 Å². The number of rotatable bonds is 14. The van der Waals surface area contributed by atoms with Crippen LogP contribution in [0, 0.1) is 5.92 Å². The molecule has 0 aromatic rings. The summed E-state index contributed by atoms with van der Waals surface area (Å²) < 4.78 is 18.3. The molecule has 0 amide bonds. The van der Waals surface area contributed by atoms with Gasteiger partial charge in [0.05, 0.1) is 6.10 Å². The zero-order valence-corrected chi connectivity index (χ0v) is 25.7. The minimum atomic E-state index is -1.87. The van der Waals surface area contributed by atoms with Crippen molar-refractivity contribution < 1.29 is 18.7 Å². The summed E-state index contributed by atoms with van der Waals surface area (Å²) in [5.74, 6) is 0.752. The average Bonchev–Trinajstić information content (AvgIpc) is 3.35. The van der Waals surface area contributed by atoms with E-state index >= 15 is 0 Å². The average molecular weight is 531 g/mol. The number of ether oxygens (including phenoxy) is 2. The van der Waals surface area contributed by atoms with E-state index in [9.17, 15) is 4.79 Å². The molecule has 0 radical (unpaired) electrons. The zero-order valence-electron chi connectivity index (χ0n) is 24.7. The molecule has 1 saturated heterocycles. The third-order valence-electron chi connectivity index (χ3n) is 8.79. The minimum absolute atomic E-state index is 0.0239. The van der Waals surface area contributed by atoms with Crippen LogP contribution in [0.15, 0.2) is 34.9 Å². The normalized spacial score (nSPS) is 25.0. The highest BCUT2D eigenvalue weighted by atomic mass is 28.4. The van der Waals surface area contributed by atoms with Crippen molar-refractivity contribution in [1.82, 2.24) is 0 Å². The lowest BCUT2D eigenvalue weighted by atomic mass is 10.0. The minimum Gasteiger partial charge on any atom is -0.411 e. The summed E-state index contributed by atoms with van der Waals surface area (Å²) in [6.07, 6.45) is 21.0. The summed E-state index contributed by atoms with van der Waals surface area (Å²) in [7, 11) is -1.87. The van der Waals surface area contributed by atoms with Gasteiger partial charge in [-0.05, 0) is 81.8 Å². The fourth-order valence-corrected chi connectivity index (χ4v) is 6.75. The SMILES string of the molecule is CCCCCC(/C=C/C1=C2C/C(=C/CCCCOC3CCCCO3)CC2CC1=O)O[Si](C)(C)C(C)(C)C. The highest BCUT2D eigenvalue weighted by molar-refractivity contribution is 6.74. The Kier molecular flexibility index (Phi) is 11.9. The Balaban J connectivity index is 1.54. The lowest BCUT2D eigenvalue weighted by molar-refractivity contribution is -0.162. The Hall–Kier alpha value is -1.01. The van der Waals surface area contributed by atoms with Crippen LogP contribution in [-0.4, -0.2) is 39.7 Å². The van der Waals surface area contributed by atoms with Gasteiger partial charge in [0.1, 0.15) is 0 Å². The number of allylic oxidation sites excluding steroid dienone is 5. The van der Waals surface area contributed by atoms with E-state index in [2.05, 4.69) is 59.0 Å². The molecule has 0 aromatic carbocycles. The molecule has 3 atom stereocenters. The molecule has 0 aromatic heterocycles. The van der Waals surface area contributed by atoms with Gasteiger partial charge in [-0.3, -0.25) is 4.79 Å². The molecule has 5 heteroatoms. The molecule has 0 spiro atoms. The van der Waals surface area contributed by atoms with Gasteiger partial charge >= 0.3 is 0 Å². The second kappa shape index (κ2) is 14.4. The van der Waals surface area contributed by atoms with Gasteiger partial charge in [-0.1, -0.05) is 76.3 Å². The highest BCUT2D eigenvalue weighted by Crippen LogP contribution is 2.45. The lowest BCUT2D eigenvalue weighted by Gasteiger charge is -2.38. The topological polar surface area (TPSA) is 44.8 Å². The van der Waals surface area contributed by atoms with Crippen LogP contribution in [0.3, 0.4) is 0 Å². The van der Waals surface area contributed by atoms with Gasteiger partial charge in [-0.2, -0.15) is 0 Å². The molecule has 1 aliphatic heterocycles. The molecule has 3 unspecified atom stereocenters. The van der Waals surface area contributed by atoms with Crippen molar-refractivity contribution in [2.45, 2.75) is 142 Å². The van der Waals surface area contributed by atoms with E-state index < -0.39 is 8.32 Å². The van der Waals surface area contributed by atoms with Gasteiger partial charge < -0.3 is 13.9 Å². The fourth-order valence-electron chi connectivity index (χ4n) is 5.44. The predicted molar refractivity (Wildman–Crippen MR) is 156 cm³/mol. The number of Topliss-reactive ketones (excluding diaryl/α,β-unsaturated/α-hetero) is 1. The maximum Gasteiger partial charge on any atom is 0.192 e. The third kappa shape index (κ3) is 9.30. The van der Waals surface area contributed by atoms with Crippen LogP contribution in [0.5, 0.6) is 0 Å². The first-order valence-electron chi connectivity index (χ1n) is 15.1. The Morgan fingerprint density at radius 3 is 2.62 bits per heavy atom. The first kappa shape index (κ1) is 30.5. The summed E-state index contributed by atoms with van der Waals surface area (Å²) in [5.41, 5.74) is 3.88. The van der Waals surface area contributed by atoms with E-state index in [1.54, 1.807) is 0 Å². The summed E-state index contributed by atoms with van der Waals surface area (Å²) in [6, 6.07) is 0. The maximum atomic E-state index is 12.9. The predicted octanol–water partition coefficient (Wildman–Crippen LogP) is 8.83. The van der Waals surface area contributed by atoms with Gasteiger partial charge in [0.15, 0.2) is 20.4 Å². The van der Waals surface area contributed by atoms with Crippen LogP contribution < -0.4 is 0 Å². The van der Waals surface area contributed by atoms with Crippen LogP contribution >= 0.6 is 0 Å². The first-order chi connectivity index (χ1) is 17.6. The number of hydrogen-bond acceptors (Lipinski definition) is 4. The Bertz CT molecular complexity index is 826. The summed E-state index contributed by atoms with van der Waals surface area (Å²) in [6.45, 7) is 15.4.